The van der Waals surface area contributed by atoms with Gasteiger partial charge in [-0.15, -0.1) is 0 Å². The molecule has 2 aromatic heterocycles. The van der Waals surface area contributed by atoms with E-state index < -0.39 is 0 Å². The summed E-state index contributed by atoms with van der Waals surface area (Å²) in [5, 5.41) is 10.8. The van der Waals surface area contributed by atoms with E-state index in [4.69, 9.17) is 5.11 Å². The van der Waals surface area contributed by atoms with Crippen LogP contribution in [0.25, 0.3) is 0 Å². The number of rotatable bonds is 3. The molecular formula is C11H12BrN3OS. The van der Waals surface area contributed by atoms with Gasteiger partial charge in [0.2, 0.25) is 0 Å². The topological polar surface area (TPSA) is 50.9 Å². The van der Waals surface area contributed by atoms with Gasteiger partial charge in [-0.05, 0) is 46.2 Å². The van der Waals surface area contributed by atoms with Crippen LogP contribution in [-0.4, -0.2) is 19.6 Å². The van der Waals surface area contributed by atoms with Gasteiger partial charge in [0.15, 0.2) is 5.16 Å². The van der Waals surface area contributed by atoms with E-state index in [1.165, 1.54) is 11.8 Å². The summed E-state index contributed by atoms with van der Waals surface area (Å²) in [4.78, 5) is 8.56. The Morgan fingerprint density at radius 2 is 2.18 bits per heavy atom. The highest BCUT2D eigenvalue weighted by atomic mass is 79.9. The highest BCUT2D eigenvalue weighted by Gasteiger charge is 2.08. The van der Waals surface area contributed by atoms with Crippen molar-refractivity contribution in [2.75, 3.05) is 0 Å². The molecule has 90 valence electrons. The number of aryl methyl sites for hydroxylation is 1. The zero-order valence-electron chi connectivity index (χ0n) is 9.51. The molecular weight excluding hydrogens is 302 g/mol. The Bertz CT molecular complexity index is 542. The van der Waals surface area contributed by atoms with Crippen molar-refractivity contribution in [3.8, 4) is 0 Å². The summed E-state index contributed by atoms with van der Waals surface area (Å²) in [5.41, 5.74) is 1.93. The molecule has 17 heavy (non-hydrogen) atoms. The van der Waals surface area contributed by atoms with Crippen LogP contribution < -0.4 is 0 Å². The number of aliphatic hydroxyl groups is 1. The van der Waals surface area contributed by atoms with Crippen molar-refractivity contribution in [2.24, 2.45) is 7.05 Å². The van der Waals surface area contributed by atoms with Crippen LogP contribution in [0.4, 0.5) is 0 Å². The molecule has 0 aliphatic rings. The molecule has 2 heterocycles. The second kappa shape index (κ2) is 5.20. The van der Waals surface area contributed by atoms with E-state index in [9.17, 15) is 0 Å². The lowest BCUT2D eigenvalue weighted by atomic mass is 10.3. The highest BCUT2D eigenvalue weighted by Crippen LogP contribution is 2.27. The number of pyridine rings is 1. The predicted molar refractivity (Wildman–Crippen MR) is 69.9 cm³/mol. The molecule has 1 N–H and O–H groups in total. The van der Waals surface area contributed by atoms with Crippen molar-refractivity contribution in [3.05, 3.63) is 34.2 Å². The molecule has 2 rings (SSSR count). The van der Waals surface area contributed by atoms with Gasteiger partial charge in [-0.25, -0.2) is 9.97 Å². The Morgan fingerprint density at radius 1 is 1.41 bits per heavy atom. The summed E-state index contributed by atoms with van der Waals surface area (Å²) in [6.07, 6.45) is 3.46. The van der Waals surface area contributed by atoms with Crippen molar-refractivity contribution in [3.63, 3.8) is 0 Å². The van der Waals surface area contributed by atoms with Gasteiger partial charge < -0.3 is 9.67 Å². The maximum Gasteiger partial charge on any atom is 0.174 e. The van der Waals surface area contributed by atoms with Crippen molar-refractivity contribution in [1.82, 2.24) is 14.5 Å². The molecule has 4 nitrogen and oxygen atoms in total. The number of hydrogen-bond donors (Lipinski definition) is 1. The third-order valence-electron chi connectivity index (χ3n) is 2.42. The standard InChI is InChI=1S/C11H12BrN3OS/c1-7-3-10(13-5-9(7)12)17-11-14-4-8(6-16)15(11)2/h3-5,16H,6H2,1-2H3. The van der Waals surface area contributed by atoms with E-state index in [1.54, 1.807) is 12.4 Å². The number of aromatic nitrogens is 3. The lowest BCUT2D eigenvalue weighted by Crippen LogP contribution is -1.97. The van der Waals surface area contributed by atoms with E-state index in [0.29, 0.717) is 0 Å². The fraction of sp³-hybridized carbons (Fsp3) is 0.273. The third-order valence-corrected chi connectivity index (χ3v) is 4.25. The van der Waals surface area contributed by atoms with E-state index in [2.05, 4.69) is 25.9 Å². The number of halogens is 1. The Kier molecular flexibility index (Phi) is 3.86. The maximum atomic E-state index is 9.09. The number of imidazole rings is 1. The Morgan fingerprint density at radius 3 is 2.76 bits per heavy atom. The number of nitrogens with zero attached hydrogens (tertiary/aromatic N) is 3. The molecule has 0 unspecified atom stereocenters. The number of aliphatic hydroxyl groups excluding tert-OH is 1. The van der Waals surface area contributed by atoms with Crippen LogP contribution in [0.1, 0.15) is 11.3 Å². The monoisotopic (exact) mass is 313 g/mol. The molecule has 0 bridgehead atoms. The Labute approximate surface area is 112 Å². The largest absolute Gasteiger partial charge is 0.390 e. The van der Waals surface area contributed by atoms with Gasteiger partial charge in [-0.3, -0.25) is 0 Å². The van der Waals surface area contributed by atoms with Crippen LogP contribution in [0, 0.1) is 6.92 Å². The predicted octanol–water partition coefficient (Wildman–Crippen LogP) is 2.53. The molecule has 0 saturated heterocycles. The van der Waals surface area contributed by atoms with Crippen LogP contribution in [0.15, 0.2) is 33.1 Å². The first-order valence-electron chi connectivity index (χ1n) is 5.03. The molecule has 0 aliphatic carbocycles. The first-order chi connectivity index (χ1) is 8.11. The second-order valence-corrected chi connectivity index (χ2v) is 5.46. The van der Waals surface area contributed by atoms with Gasteiger partial charge in [0.25, 0.3) is 0 Å². The normalized spacial score (nSPS) is 10.8. The molecule has 6 heteroatoms. The minimum Gasteiger partial charge on any atom is -0.390 e. The van der Waals surface area contributed by atoms with Crippen molar-refractivity contribution >= 4 is 27.7 Å². The number of hydrogen-bond acceptors (Lipinski definition) is 4. The van der Waals surface area contributed by atoms with Crippen molar-refractivity contribution in [1.29, 1.82) is 0 Å². The molecule has 0 fully saturated rings. The van der Waals surface area contributed by atoms with Gasteiger partial charge in [0.1, 0.15) is 5.03 Å². The van der Waals surface area contributed by atoms with E-state index in [-0.39, 0.29) is 6.61 Å². The van der Waals surface area contributed by atoms with Crippen LogP contribution in [-0.2, 0) is 13.7 Å². The minimum absolute atomic E-state index is 0.00312. The van der Waals surface area contributed by atoms with Crippen molar-refractivity contribution < 1.29 is 5.11 Å². The second-order valence-electron chi connectivity index (χ2n) is 3.62. The van der Waals surface area contributed by atoms with E-state index in [1.807, 2.05) is 24.6 Å². The first-order valence-corrected chi connectivity index (χ1v) is 6.64. The van der Waals surface area contributed by atoms with Gasteiger partial charge in [-0.2, -0.15) is 0 Å². The molecule has 0 radical (unpaired) electrons. The van der Waals surface area contributed by atoms with Crippen LogP contribution in [0.3, 0.4) is 0 Å². The summed E-state index contributed by atoms with van der Waals surface area (Å²) in [7, 11) is 1.88. The van der Waals surface area contributed by atoms with Gasteiger partial charge in [-0.1, -0.05) is 0 Å². The van der Waals surface area contributed by atoms with Crippen LogP contribution >= 0.6 is 27.7 Å². The quantitative estimate of drug-likeness (QED) is 0.946. The third kappa shape index (κ3) is 2.70. The summed E-state index contributed by atoms with van der Waals surface area (Å²) in [6.45, 7) is 2.02. The Hall–Kier alpha value is -0.850. The maximum absolute atomic E-state index is 9.09. The summed E-state index contributed by atoms with van der Waals surface area (Å²) in [5.74, 6) is 0. The average molecular weight is 314 g/mol. The zero-order valence-corrected chi connectivity index (χ0v) is 11.9. The fourth-order valence-electron chi connectivity index (χ4n) is 1.33. The molecule has 2 aromatic rings. The Balaban J connectivity index is 2.25. The van der Waals surface area contributed by atoms with Crippen LogP contribution in [0.2, 0.25) is 0 Å². The summed E-state index contributed by atoms with van der Waals surface area (Å²) >= 11 is 4.90. The van der Waals surface area contributed by atoms with Gasteiger partial charge in [0.05, 0.1) is 18.5 Å². The van der Waals surface area contributed by atoms with E-state index in [0.717, 1.165) is 25.9 Å². The molecule has 0 amide bonds. The first kappa shape index (κ1) is 12.6. The molecule has 0 aromatic carbocycles. The SMILES string of the molecule is Cc1cc(Sc2ncc(CO)n2C)ncc1Br. The summed E-state index contributed by atoms with van der Waals surface area (Å²) in [6, 6.07) is 2.00. The van der Waals surface area contributed by atoms with E-state index >= 15 is 0 Å². The van der Waals surface area contributed by atoms with Gasteiger partial charge in [0, 0.05) is 17.7 Å². The van der Waals surface area contributed by atoms with Gasteiger partial charge >= 0.3 is 0 Å². The molecule has 0 atom stereocenters. The minimum atomic E-state index is -0.00312. The lowest BCUT2D eigenvalue weighted by Gasteiger charge is -2.04. The zero-order chi connectivity index (χ0) is 12.4. The average Bonchev–Trinajstić information content (AvgIpc) is 2.65. The molecule has 0 aliphatic heterocycles. The molecule has 0 saturated carbocycles. The van der Waals surface area contributed by atoms with Crippen LogP contribution in [0.5, 0.6) is 0 Å². The fourth-order valence-corrected chi connectivity index (χ4v) is 2.43. The lowest BCUT2D eigenvalue weighted by molar-refractivity contribution is 0.271. The summed E-state index contributed by atoms with van der Waals surface area (Å²) < 4.78 is 2.86. The smallest absolute Gasteiger partial charge is 0.174 e. The molecule has 0 spiro atoms. The highest BCUT2D eigenvalue weighted by molar-refractivity contribution is 9.10. The van der Waals surface area contributed by atoms with Crippen molar-refractivity contribution in [2.45, 2.75) is 23.7 Å².